The van der Waals surface area contributed by atoms with Gasteiger partial charge in [0.2, 0.25) is 0 Å². The highest BCUT2D eigenvalue weighted by molar-refractivity contribution is 5.59. The lowest BCUT2D eigenvalue weighted by molar-refractivity contribution is 0.602. The van der Waals surface area contributed by atoms with Crippen LogP contribution in [0.15, 0.2) is 36.5 Å². The van der Waals surface area contributed by atoms with E-state index in [2.05, 4.69) is 11.1 Å². The molecule has 1 radical (unpaired) electrons. The average Bonchev–Trinajstić information content (AvgIpc) is 2.23. The van der Waals surface area contributed by atoms with Crippen LogP contribution in [0.2, 0.25) is 0 Å². The van der Waals surface area contributed by atoms with Crippen LogP contribution in [0.1, 0.15) is 0 Å². The smallest absolute Gasteiger partial charge is 0.132 e. The molecule has 0 N–H and O–H groups in total. The fourth-order valence-corrected chi connectivity index (χ4v) is 1.17. The monoisotopic (exact) mass is 190 g/mol. The molecule has 0 aliphatic carbocycles. The Bertz CT molecular complexity index is 440. The molecule has 1 aromatic heterocycles. The molecule has 69 valence electrons. The van der Waals surface area contributed by atoms with Crippen LogP contribution in [0, 0.1) is 17.7 Å². The van der Waals surface area contributed by atoms with Crippen LogP contribution in [-0.4, -0.2) is 4.98 Å². The number of aromatic nitrogens is 1. The molecule has 0 aliphatic rings. The Morgan fingerprint density at radius 2 is 2.00 bits per heavy atom. The number of benzene rings is 1. The molecule has 3 heteroatoms. The molecule has 1 heterocycles. The van der Waals surface area contributed by atoms with Crippen molar-refractivity contribution >= 4 is 0 Å². The lowest BCUT2D eigenvalue weighted by atomic mass is 10.1. The van der Waals surface area contributed by atoms with E-state index in [-0.39, 0.29) is 5.56 Å². The molecule has 0 unspecified atom stereocenters. The van der Waals surface area contributed by atoms with Gasteiger partial charge >= 0.3 is 0 Å². The summed E-state index contributed by atoms with van der Waals surface area (Å²) in [5.74, 6) is -0.957. The lowest BCUT2D eigenvalue weighted by Crippen LogP contribution is -1.88. The Labute approximate surface area is 80.0 Å². The average molecular weight is 190 g/mol. The van der Waals surface area contributed by atoms with Crippen molar-refractivity contribution in [3.8, 4) is 11.3 Å². The first-order chi connectivity index (χ1) is 6.77. The quantitative estimate of drug-likeness (QED) is 0.673. The van der Waals surface area contributed by atoms with Gasteiger partial charge < -0.3 is 0 Å². The van der Waals surface area contributed by atoms with Gasteiger partial charge in [-0.1, -0.05) is 6.07 Å². The van der Waals surface area contributed by atoms with Crippen molar-refractivity contribution < 1.29 is 8.78 Å². The maximum Gasteiger partial charge on any atom is 0.132 e. The number of pyridine rings is 1. The van der Waals surface area contributed by atoms with E-state index in [9.17, 15) is 8.78 Å². The second kappa shape index (κ2) is 3.54. The molecular formula is C11H6F2N. The zero-order valence-corrected chi connectivity index (χ0v) is 7.17. The first-order valence-electron chi connectivity index (χ1n) is 4.05. The summed E-state index contributed by atoms with van der Waals surface area (Å²) in [5.41, 5.74) is 0.569. The van der Waals surface area contributed by atoms with Crippen molar-refractivity contribution in [1.29, 1.82) is 0 Å². The summed E-state index contributed by atoms with van der Waals surface area (Å²) in [7, 11) is 0. The highest BCUT2D eigenvalue weighted by Crippen LogP contribution is 2.20. The fraction of sp³-hybridized carbons (Fsp3) is 0. The van der Waals surface area contributed by atoms with E-state index in [1.54, 1.807) is 12.1 Å². The van der Waals surface area contributed by atoms with Gasteiger partial charge in [-0.25, -0.2) is 8.78 Å². The largest absolute Gasteiger partial charge is 0.256 e. The summed E-state index contributed by atoms with van der Waals surface area (Å²) in [6.45, 7) is 0. The van der Waals surface area contributed by atoms with Crippen LogP contribution in [0.5, 0.6) is 0 Å². The van der Waals surface area contributed by atoms with E-state index in [1.165, 1.54) is 6.20 Å². The molecule has 0 amide bonds. The van der Waals surface area contributed by atoms with E-state index >= 15 is 0 Å². The van der Waals surface area contributed by atoms with Crippen LogP contribution in [-0.2, 0) is 0 Å². The summed E-state index contributed by atoms with van der Waals surface area (Å²) < 4.78 is 26.1. The molecule has 0 saturated heterocycles. The van der Waals surface area contributed by atoms with E-state index in [1.807, 2.05) is 0 Å². The number of nitrogens with zero attached hydrogens (tertiary/aromatic N) is 1. The summed E-state index contributed by atoms with van der Waals surface area (Å²) in [6, 6.07) is 9.18. The van der Waals surface area contributed by atoms with Gasteiger partial charge in [0.25, 0.3) is 0 Å². The summed E-state index contributed by atoms with van der Waals surface area (Å²) >= 11 is 0. The van der Waals surface area contributed by atoms with Gasteiger partial charge in [-0.2, -0.15) is 0 Å². The number of halogens is 2. The van der Waals surface area contributed by atoms with E-state index < -0.39 is 11.6 Å². The van der Waals surface area contributed by atoms with E-state index in [0.29, 0.717) is 5.69 Å². The molecule has 14 heavy (non-hydrogen) atoms. The molecule has 0 atom stereocenters. The van der Waals surface area contributed by atoms with E-state index in [4.69, 9.17) is 0 Å². The molecule has 0 bridgehead atoms. The maximum atomic E-state index is 13.2. The third-order valence-corrected chi connectivity index (χ3v) is 1.82. The van der Waals surface area contributed by atoms with Crippen molar-refractivity contribution in [1.82, 2.24) is 4.98 Å². The second-order valence-electron chi connectivity index (χ2n) is 2.77. The molecule has 2 aromatic rings. The van der Waals surface area contributed by atoms with Gasteiger partial charge in [-0.05, 0) is 24.3 Å². The third-order valence-electron chi connectivity index (χ3n) is 1.82. The Morgan fingerprint density at radius 3 is 2.71 bits per heavy atom. The molecule has 0 fully saturated rings. The van der Waals surface area contributed by atoms with Crippen LogP contribution >= 0.6 is 0 Å². The standard InChI is InChI=1S/C11H6F2N/c12-8-4-5-10(13)9(7-8)11-3-1-2-6-14-11/h1,3-7H. The van der Waals surface area contributed by atoms with Crippen LogP contribution < -0.4 is 0 Å². The fourth-order valence-electron chi connectivity index (χ4n) is 1.17. The molecule has 0 saturated carbocycles. The normalized spacial score (nSPS) is 10.1. The highest BCUT2D eigenvalue weighted by Gasteiger charge is 2.06. The predicted molar refractivity (Wildman–Crippen MR) is 48.4 cm³/mol. The Balaban J connectivity index is 2.57. The molecular weight excluding hydrogens is 184 g/mol. The molecule has 0 spiro atoms. The highest BCUT2D eigenvalue weighted by atomic mass is 19.1. The van der Waals surface area contributed by atoms with Gasteiger partial charge in [0.05, 0.1) is 5.69 Å². The summed E-state index contributed by atoms with van der Waals surface area (Å²) in [5, 5.41) is 0. The molecule has 1 aromatic carbocycles. The zero-order chi connectivity index (χ0) is 9.97. The SMILES string of the molecule is Fc1ccc(F)c(-c2cc[c]cn2)c1. The maximum absolute atomic E-state index is 13.2. The Hall–Kier alpha value is -1.77. The lowest BCUT2D eigenvalue weighted by Gasteiger charge is -2.01. The minimum Gasteiger partial charge on any atom is -0.256 e. The van der Waals surface area contributed by atoms with Crippen LogP contribution in [0.25, 0.3) is 11.3 Å². The van der Waals surface area contributed by atoms with Gasteiger partial charge in [-0.15, -0.1) is 0 Å². The van der Waals surface area contributed by atoms with Crippen molar-refractivity contribution in [2.75, 3.05) is 0 Å². The van der Waals surface area contributed by atoms with Crippen LogP contribution in [0.4, 0.5) is 8.78 Å². The molecule has 0 aliphatic heterocycles. The number of rotatable bonds is 1. The van der Waals surface area contributed by atoms with Crippen molar-refractivity contribution in [3.05, 3.63) is 54.2 Å². The first kappa shape index (κ1) is 8.81. The topological polar surface area (TPSA) is 12.9 Å². The third kappa shape index (κ3) is 1.62. The minimum atomic E-state index is -0.481. The number of hydrogen-bond acceptors (Lipinski definition) is 1. The second-order valence-corrected chi connectivity index (χ2v) is 2.77. The van der Waals surface area contributed by atoms with Gasteiger partial charge in [-0.3, -0.25) is 4.98 Å². The Kier molecular flexibility index (Phi) is 2.23. The minimum absolute atomic E-state index is 0.166. The molecule has 1 nitrogen and oxygen atoms in total. The number of hydrogen-bond donors (Lipinski definition) is 0. The van der Waals surface area contributed by atoms with Crippen molar-refractivity contribution in [2.24, 2.45) is 0 Å². The molecule has 2 rings (SSSR count). The predicted octanol–water partition coefficient (Wildman–Crippen LogP) is 2.83. The summed E-state index contributed by atoms with van der Waals surface area (Å²) in [4.78, 5) is 3.89. The van der Waals surface area contributed by atoms with Gasteiger partial charge in [0.15, 0.2) is 0 Å². The van der Waals surface area contributed by atoms with Gasteiger partial charge in [0.1, 0.15) is 11.6 Å². The van der Waals surface area contributed by atoms with E-state index in [0.717, 1.165) is 18.2 Å². The first-order valence-corrected chi connectivity index (χ1v) is 4.05. The van der Waals surface area contributed by atoms with Crippen LogP contribution in [0.3, 0.4) is 0 Å². The van der Waals surface area contributed by atoms with Crippen molar-refractivity contribution in [3.63, 3.8) is 0 Å². The summed E-state index contributed by atoms with van der Waals surface area (Å²) in [6.07, 6.45) is 1.42. The Morgan fingerprint density at radius 1 is 1.14 bits per heavy atom. The van der Waals surface area contributed by atoms with Crippen molar-refractivity contribution in [2.45, 2.75) is 0 Å². The van der Waals surface area contributed by atoms with Gasteiger partial charge in [0, 0.05) is 17.8 Å². The zero-order valence-electron chi connectivity index (χ0n) is 7.17.